The molecule has 1 atom stereocenters. The molecule has 2 saturated carbocycles. The van der Waals surface area contributed by atoms with Crippen LogP contribution in [0.25, 0.3) is 11.3 Å². The summed E-state index contributed by atoms with van der Waals surface area (Å²) in [5.41, 5.74) is 0.927. The number of hydrogen-bond donors (Lipinski definition) is 1. The van der Waals surface area contributed by atoms with Crippen LogP contribution in [-0.2, 0) is 15.9 Å². The second kappa shape index (κ2) is 8.34. The molecule has 0 bridgehead atoms. The van der Waals surface area contributed by atoms with Crippen molar-refractivity contribution in [3.63, 3.8) is 0 Å². The van der Waals surface area contributed by atoms with E-state index in [1.165, 1.54) is 13.0 Å². The molecule has 6 nitrogen and oxygen atoms in total. The highest BCUT2D eigenvalue weighted by molar-refractivity contribution is 7.93. The van der Waals surface area contributed by atoms with E-state index in [1.807, 2.05) is 0 Å². The van der Waals surface area contributed by atoms with Gasteiger partial charge in [0.15, 0.2) is 5.75 Å². The summed E-state index contributed by atoms with van der Waals surface area (Å²) in [4.78, 5) is 8.53. The molecule has 0 saturated heterocycles. The van der Waals surface area contributed by atoms with Crippen LogP contribution in [0.15, 0.2) is 47.4 Å². The fraction of sp³-hybridized carbons (Fsp3) is 0.320. The molecule has 0 spiro atoms. The summed E-state index contributed by atoms with van der Waals surface area (Å²) < 4.78 is 68.2. The predicted octanol–water partition coefficient (Wildman–Crippen LogP) is 6.58. The fourth-order valence-electron chi connectivity index (χ4n) is 3.91. The molecule has 35 heavy (non-hydrogen) atoms. The Kier molecular flexibility index (Phi) is 5.55. The maximum absolute atomic E-state index is 13.4. The summed E-state index contributed by atoms with van der Waals surface area (Å²) in [6.45, 7) is 1.51. The number of alkyl halides is 3. The molecule has 2 aliphatic rings. The SMILES string of the molecule is Cc1cc(C(F)(F)F)nc(C2CC2)c1Oc1nc(-c2cccc(C#N)c2)ccc1S(=N)(=O)C1CC1. The normalized spacial score (nSPS) is 17.5. The Balaban J connectivity index is 1.65. The van der Waals surface area contributed by atoms with E-state index in [0.29, 0.717) is 42.5 Å². The minimum atomic E-state index is -4.59. The molecule has 0 aliphatic heterocycles. The Morgan fingerprint density at radius 2 is 1.86 bits per heavy atom. The van der Waals surface area contributed by atoms with E-state index in [2.05, 4.69) is 16.0 Å². The van der Waals surface area contributed by atoms with E-state index in [0.717, 1.165) is 6.07 Å². The van der Waals surface area contributed by atoms with E-state index in [9.17, 15) is 22.6 Å². The van der Waals surface area contributed by atoms with Crippen LogP contribution in [0.5, 0.6) is 11.6 Å². The van der Waals surface area contributed by atoms with Gasteiger partial charge in [0.1, 0.15) is 10.6 Å². The first-order valence-corrected chi connectivity index (χ1v) is 12.8. The number of ether oxygens (including phenoxy) is 1. The lowest BCUT2D eigenvalue weighted by molar-refractivity contribution is -0.141. The first kappa shape index (κ1) is 23.3. The molecule has 0 amide bonds. The molecule has 2 aromatic heterocycles. The highest BCUT2D eigenvalue weighted by Crippen LogP contribution is 2.48. The molecule has 2 aliphatic carbocycles. The number of benzene rings is 1. The molecular formula is C25H21F3N4O2S. The summed E-state index contributed by atoms with van der Waals surface area (Å²) in [5.74, 6) is -0.0831. The quantitative estimate of drug-likeness (QED) is 0.414. The van der Waals surface area contributed by atoms with Crippen molar-refractivity contribution in [2.75, 3.05) is 0 Å². The third kappa shape index (κ3) is 4.60. The number of aromatic nitrogens is 2. The number of nitriles is 1. The molecule has 10 heteroatoms. The van der Waals surface area contributed by atoms with Crippen molar-refractivity contribution in [1.29, 1.82) is 10.0 Å². The van der Waals surface area contributed by atoms with E-state index >= 15 is 0 Å². The Morgan fingerprint density at radius 1 is 1.11 bits per heavy atom. The molecule has 0 radical (unpaired) electrons. The third-order valence-electron chi connectivity index (χ3n) is 6.07. The number of pyridine rings is 2. The molecule has 1 aromatic carbocycles. The highest BCUT2D eigenvalue weighted by atomic mass is 32.2. The van der Waals surface area contributed by atoms with Gasteiger partial charge >= 0.3 is 6.18 Å². The van der Waals surface area contributed by atoms with Crippen molar-refractivity contribution < 1.29 is 22.1 Å². The Labute approximate surface area is 200 Å². The number of rotatable bonds is 6. The zero-order chi connectivity index (χ0) is 25.0. The Hall–Kier alpha value is -3.45. The lowest BCUT2D eigenvalue weighted by Crippen LogP contribution is -2.12. The van der Waals surface area contributed by atoms with Gasteiger partial charge in [0.05, 0.1) is 32.7 Å². The molecular weight excluding hydrogens is 477 g/mol. The average Bonchev–Trinajstić information content (AvgIpc) is 3.71. The standard InChI is InChI=1S/C25H21F3N4O2S/c1-14-11-21(25(26,27)28)32-22(16-5-6-16)23(14)34-24-20(35(30,33)18-7-8-18)10-9-19(31-24)17-4-2-3-15(12-17)13-29/h2-4,9-12,16,18,30H,5-8H2,1H3. The predicted molar refractivity (Wildman–Crippen MR) is 123 cm³/mol. The molecule has 2 heterocycles. The van der Waals surface area contributed by atoms with E-state index < -0.39 is 21.6 Å². The smallest absolute Gasteiger partial charge is 0.433 e. The zero-order valence-electron chi connectivity index (χ0n) is 18.7. The summed E-state index contributed by atoms with van der Waals surface area (Å²) >= 11 is 0. The van der Waals surface area contributed by atoms with Gasteiger partial charge in [0.25, 0.3) is 0 Å². The van der Waals surface area contributed by atoms with Crippen LogP contribution < -0.4 is 4.74 Å². The molecule has 5 rings (SSSR count). The maximum atomic E-state index is 13.4. The molecule has 180 valence electrons. The zero-order valence-corrected chi connectivity index (χ0v) is 19.5. The number of aryl methyl sites for hydroxylation is 1. The van der Waals surface area contributed by atoms with Crippen LogP contribution in [0.4, 0.5) is 13.2 Å². The van der Waals surface area contributed by atoms with Gasteiger partial charge in [0, 0.05) is 16.7 Å². The van der Waals surface area contributed by atoms with Crippen molar-refractivity contribution in [2.24, 2.45) is 0 Å². The Bertz CT molecular complexity index is 1470. The van der Waals surface area contributed by atoms with Gasteiger partial charge in [-0.15, -0.1) is 0 Å². The maximum Gasteiger partial charge on any atom is 0.433 e. The summed E-state index contributed by atoms with van der Waals surface area (Å²) in [5, 5.41) is 8.92. The van der Waals surface area contributed by atoms with Crippen molar-refractivity contribution in [2.45, 2.75) is 54.8 Å². The third-order valence-corrected chi connectivity index (χ3v) is 8.45. The fourth-order valence-corrected chi connectivity index (χ4v) is 5.69. The van der Waals surface area contributed by atoms with Gasteiger partial charge in [-0.3, -0.25) is 0 Å². The van der Waals surface area contributed by atoms with Gasteiger partial charge in [-0.05, 0) is 68.5 Å². The lowest BCUT2D eigenvalue weighted by atomic mass is 10.1. The van der Waals surface area contributed by atoms with Crippen molar-refractivity contribution in [3.8, 4) is 29.0 Å². The first-order valence-electron chi connectivity index (χ1n) is 11.1. The van der Waals surface area contributed by atoms with Crippen LogP contribution in [0.1, 0.15) is 54.1 Å². The lowest BCUT2D eigenvalue weighted by Gasteiger charge is -2.18. The molecule has 1 unspecified atom stereocenters. The first-order chi connectivity index (χ1) is 16.6. The molecule has 3 aromatic rings. The van der Waals surface area contributed by atoms with Gasteiger partial charge in [-0.25, -0.2) is 19.0 Å². The van der Waals surface area contributed by atoms with Crippen molar-refractivity contribution >= 4 is 9.73 Å². The van der Waals surface area contributed by atoms with Gasteiger partial charge in [-0.2, -0.15) is 18.4 Å². The van der Waals surface area contributed by atoms with E-state index in [4.69, 9.17) is 9.52 Å². The summed E-state index contributed by atoms with van der Waals surface area (Å²) in [6, 6.07) is 12.9. The van der Waals surface area contributed by atoms with Crippen LogP contribution in [0.2, 0.25) is 0 Å². The largest absolute Gasteiger partial charge is 0.436 e. The molecule has 2 fully saturated rings. The number of nitrogens with one attached hydrogen (secondary N) is 1. The van der Waals surface area contributed by atoms with E-state index in [-0.39, 0.29) is 39.0 Å². The van der Waals surface area contributed by atoms with Crippen LogP contribution in [0.3, 0.4) is 0 Å². The van der Waals surface area contributed by atoms with Crippen molar-refractivity contribution in [1.82, 2.24) is 9.97 Å². The second-order valence-corrected chi connectivity index (χ2v) is 11.2. The number of halogens is 3. The topological polar surface area (TPSA) is 99.7 Å². The average molecular weight is 499 g/mol. The van der Waals surface area contributed by atoms with Crippen LogP contribution >= 0.6 is 0 Å². The highest BCUT2D eigenvalue weighted by Gasteiger charge is 2.39. The van der Waals surface area contributed by atoms with Gasteiger partial charge < -0.3 is 4.74 Å². The summed E-state index contributed by atoms with van der Waals surface area (Å²) in [7, 11) is -3.23. The minimum absolute atomic E-state index is 0.0803. The van der Waals surface area contributed by atoms with Crippen LogP contribution in [-0.4, -0.2) is 19.4 Å². The molecule has 1 N–H and O–H groups in total. The number of hydrogen-bond acceptors (Lipinski definition) is 6. The number of nitrogens with zero attached hydrogens (tertiary/aromatic N) is 3. The monoisotopic (exact) mass is 498 g/mol. The van der Waals surface area contributed by atoms with Crippen molar-refractivity contribution in [3.05, 3.63) is 65.0 Å². The Morgan fingerprint density at radius 3 is 2.49 bits per heavy atom. The second-order valence-electron chi connectivity index (χ2n) is 8.91. The summed E-state index contributed by atoms with van der Waals surface area (Å²) in [6.07, 6.45) is -1.89. The van der Waals surface area contributed by atoms with E-state index in [1.54, 1.807) is 30.3 Å². The minimum Gasteiger partial charge on any atom is -0.436 e. The van der Waals surface area contributed by atoms with Gasteiger partial charge in [-0.1, -0.05) is 12.1 Å². The van der Waals surface area contributed by atoms with Crippen LogP contribution in [0, 0.1) is 23.0 Å². The van der Waals surface area contributed by atoms with Gasteiger partial charge in [0.2, 0.25) is 5.88 Å².